The van der Waals surface area contributed by atoms with E-state index in [0.29, 0.717) is 54.2 Å². The minimum atomic E-state index is -0.905. The van der Waals surface area contributed by atoms with Crippen molar-refractivity contribution in [2.24, 2.45) is 10.8 Å². The Morgan fingerprint density at radius 2 is 1.52 bits per heavy atom. The molecule has 0 saturated carbocycles. The van der Waals surface area contributed by atoms with Crippen molar-refractivity contribution >= 4 is 29.1 Å². The van der Waals surface area contributed by atoms with Crippen LogP contribution < -0.4 is 4.74 Å². The number of ether oxygens (including phenoxy) is 1. The SMILES string of the molecule is CC1(C)CC(=O)C2=C(C1)N(CCC(=O)O)C1=C(C(=O)CC(C)(C)C1)C2c1cccc(OCc2ccccc2Cl)c1. The fraction of sp³-hybridized carbons (Fsp3) is 0.424. The van der Waals surface area contributed by atoms with E-state index in [2.05, 4.69) is 27.7 Å². The molecule has 6 nitrogen and oxygen atoms in total. The quantitative estimate of drug-likeness (QED) is 0.389. The van der Waals surface area contributed by atoms with Gasteiger partial charge in [0.25, 0.3) is 0 Å². The van der Waals surface area contributed by atoms with E-state index >= 15 is 0 Å². The molecular formula is C33H36ClNO5. The topological polar surface area (TPSA) is 83.9 Å². The first kappa shape index (κ1) is 28.2. The Kier molecular flexibility index (Phi) is 7.43. The number of carbonyl (C=O) groups is 3. The molecule has 0 aromatic heterocycles. The minimum absolute atomic E-state index is 0.0168. The summed E-state index contributed by atoms with van der Waals surface area (Å²) in [4.78, 5) is 41.4. The summed E-state index contributed by atoms with van der Waals surface area (Å²) in [6, 6.07) is 15.2. The van der Waals surface area contributed by atoms with Gasteiger partial charge in [0.2, 0.25) is 0 Å². The number of halogens is 1. The van der Waals surface area contributed by atoms with Crippen molar-refractivity contribution in [3.05, 3.63) is 87.2 Å². The Bertz CT molecular complexity index is 1400. The molecule has 0 atom stereocenters. The van der Waals surface area contributed by atoms with Crippen LogP contribution >= 0.6 is 11.6 Å². The molecule has 0 amide bonds. The molecular weight excluding hydrogens is 526 g/mol. The first-order valence-electron chi connectivity index (χ1n) is 13.8. The third kappa shape index (κ3) is 5.60. The van der Waals surface area contributed by atoms with Crippen molar-refractivity contribution in [1.29, 1.82) is 0 Å². The summed E-state index contributed by atoms with van der Waals surface area (Å²) in [5.74, 6) is -0.756. The van der Waals surface area contributed by atoms with E-state index in [1.165, 1.54) is 0 Å². The van der Waals surface area contributed by atoms with Crippen molar-refractivity contribution in [2.45, 2.75) is 72.3 Å². The zero-order chi connectivity index (χ0) is 28.8. The lowest BCUT2D eigenvalue weighted by Crippen LogP contribution is -2.45. The molecule has 0 unspecified atom stereocenters. The van der Waals surface area contributed by atoms with Gasteiger partial charge in [-0.2, -0.15) is 0 Å². The van der Waals surface area contributed by atoms with Gasteiger partial charge in [-0.15, -0.1) is 0 Å². The maximum absolute atomic E-state index is 13.9. The van der Waals surface area contributed by atoms with E-state index in [9.17, 15) is 19.5 Å². The van der Waals surface area contributed by atoms with E-state index in [-0.39, 0.29) is 35.4 Å². The van der Waals surface area contributed by atoms with E-state index in [0.717, 1.165) is 22.5 Å². The number of Topliss-reactive ketones (excluding diaryl/α,β-unsaturated/α-hetero) is 2. The molecule has 2 aromatic carbocycles. The lowest BCUT2D eigenvalue weighted by Gasteiger charge is -2.49. The largest absolute Gasteiger partial charge is 0.489 e. The highest BCUT2D eigenvalue weighted by Crippen LogP contribution is 2.54. The van der Waals surface area contributed by atoms with Crippen LogP contribution in [-0.2, 0) is 21.0 Å². The van der Waals surface area contributed by atoms with Crippen LogP contribution in [0.4, 0.5) is 0 Å². The molecule has 7 heteroatoms. The van der Waals surface area contributed by atoms with Gasteiger partial charge >= 0.3 is 5.97 Å². The average molecular weight is 562 g/mol. The number of hydrogen-bond donors (Lipinski definition) is 1. The summed E-state index contributed by atoms with van der Waals surface area (Å²) in [5.41, 5.74) is 4.13. The van der Waals surface area contributed by atoms with E-state index < -0.39 is 11.9 Å². The third-order valence-electron chi connectivity index (χ3n) is 8.11. The number of rotatable bonds is 7. The van der Waals surface area contributed by atoms with Crippen LogP contribution in [0.2, 0.25) is 5.02 Å². The van der Waals surface area contributed by atoms with Gasteiger partial charge in [0.1, 0.15) is 12.4 Å². The number of carboxylic acids is 1. The summed E-state index contributed by atoms with van der Waals surface area (Å²) < 4.78 is 6.12. The first-order chi connectivity index (χ1) is 18.8. The van der Waals surface area contributed by atoms with Crippen molar-refractivity contribution < 1.29 is 24.2 Å². The number of allylic oxidation sites excluding steroid dienone is 4. The van der Waals surface area contributed by atoms with Crippen LogP contribution in [-0.4, -0.2) is 34.1 Å². The normalized spacial score (nSPS) is 20.4. The molecule has 0 fully saturated rings. The molecule has 1 N–H and O–H groups in total. The van der Waals surface area contributed by atoms with E-state index in [1.54, 1.807) is 0 Å². The zero-order valence-electron chi connectivity index (χ0n) is 23.6. The molecule has 0 spiro atoms. The Labute approximate surface area is 240 Å². The highest BCUT2D eigenvalue weighted by atomic mass is 35.5. The molecule has 1 aliphatic heterocycles. The predicted octanol–water partition coefficient (Wildman–Crippen LogP) is 7.08. The molecule has 40 heavy (non-hydrogen) atoms. The molecule has 2 aromatic rings. The summed E-state index contributed by atoms with van der Waals surface area (Å²) in [6.07, 6.45) is 1.95. The van der Waals surface area contributed by atoms with Gasteiger partial charge in [0, 0.05) is 58.4 Å². The van der Waals surface area contributed by atoms with E-state index in [1.807, 2.05) is 53.4 Å². The van der Waals surface area contributed by atoms with Crippen LogP contribution in [0.15, 0.2) is 71.1 Å². The number of carboxylic acid groups (broad SMARTS) is 1. The number of ketones is 2. The number of hydrogen-bond acceptors (Lipinski definition) is 5. The lowest BCUT2D eigenvalue weighted by atomic mass is 9.63. The Morgan fingerprint density at radius 1 is 0.925 bits per heavy atom. The van der Waals surface area contributed by atoms with Gasteiger partial charge in [-0.25, -0.2) is 0 Å². The second kappa shape index (κ2) is 10.5. The summed E-state index contributed by atoms with van der Waals surface area (Å²) in [5, 5.41) is 10.2. The lowest BCUT2D eigenvalue weighted by molar-refractivity contribution is -0.137. The predicted molar refractivity (Wildman–Crippen MR) is 154 cm³/mol. The maximum Gasteiger partial charge on any atom is 0.305 e. The molecule has 0 bridgehead atoms. The van der Waals surface area contributed by atoms with Crippen LogP contribution in [0.5, 0.6) is 5.75 Å². The fourth-order valence-corrected chi connectivity index (χ4v) is 6.61. The Hall–Kier alpha value is -3.38. The maximum atomic E-state index is 13.9. The highest BCUT2D eigenvalue weighted by molar-refractivity contribution is 6.31. The first-order valence-corrected chi connectivity index (χ1v) is 14.2. The van der Waals surface area contributed by atoms with Gasteiger partial charge in [0.05, 0.1) is 6.42 Å². The van der Waals surface area contributed by atoms with Gasteiger partial charge in [-0.3, -0.25) is 14.4 Å². The molecule has 1 heterocycles. The van der Waals surface area contributed by atoms with Gasteiger partial charge < -0.3 is 14.7 Å². The van der Waals surface area contributed by atoms with Crippen molar-refractivity contribution in [2.75, 3.05) is 6.54 Å². The fourth-order valence-electron chi connectivity index (χ4n) is 6.42. The molecule has 3 aliphatic rings. The highest BCUT2D eigenvalue weighted by Gasteiger charge is 2.49. The molecule has 0 radical (unpaired) electrons. The van der Waals surface area contributed by atoms with Gasteiger partial charge in [-0.05, 0) is 47.4 Å². The molecule has 5 rings (SSSR count). The van der Waals surface area contributed by atoms with Crippen LogP contribution in [0.3, 0.4) is 0 Å². The summed E-state index contributed by atoms with van der Waals surface area (Å²) >= 11 is 6.32. The smallest absolute Gasteiger partial charge is 0.305 e. The third-order valence-corrected chi connectivity index (χ3v) is 8.48. The second-order valence-corrected chi connectivity index (χ2v) is 13.2. The second-order valence-electron chi connectivity index (χ2n) is 12.8. The molecule has 2 aliphatic carbocycles. The molecule has 210 valence electrons. The van der Waals surface area contributed by atoms with Crippen LogP contribution in [0.25, 0.3) is 0 Å². The summed E-state index contributed by atoms with van der Waals surface area (Å²) in [6.45, 7) is 8.81. The van der Waals surface area contributed by atoms with Crippen LogP contribution in [0.1, 0.15) is 76.8 Å². The van der Waals surface area contributed by atoms with Crippen molar-refractivity contribution in [3.63, 3.8) is 0 Å². The number of nitrogens with zero attached hydrogens (tertiary/aromatic N) is 1. The van der Waals surface area contributed by atoms with Crippen LogP contribution in [0, 0.1) is 10.8 Å². The number of aliphatic carboxylic acids is 1. The average Bonchev–Trinajstić information content (AvgIpc) is 2.85. The standard InChI is InChI=1S/C33H36ClNO5/c1-32(2)15-24-30(26(36)17-32)29(20-9-7-10-22(14-20)40-19-21-8-5-6-11-23(21)34)31-25(35(24)13-12-28(38)39)16-33(3,4)18-27(31)37/h5-11,14,29H,12-13,15-19H2,1-4H3,(H,38,39). The zero-order valence-corrected chi connectivity index (χ0v) is 24.3. The van der Waals surface area contributed by atoms with Crippen molar-refractivity contribution in [1.82, 2.24) is 4.90 Å². The minimum Gasteiger partial charge on any atom is -0.489 e. The van der Waals surface area contributed by atoms with E-state index in [4.69, 9.17) is 16.3 Å². The molecule has 0 saturated heterocycles. The monoisotopic (exact) mass is 561 g/mol. The van der Waals surface area contributed by atoms with Gasteiger partial charge in [0.15, 0.2) is 11.6 Å². The van der Waals surface area contributed by atoms with Crippen molar-refractivity contribution in [3.8, 4) is 5.75 Å². The number of carbonyl (C=O) groups excluding carboxylic acids is 2. The Balaban J connectivity index is 1.62. The van der Waals surface area contributed by atoms with Gasteiger partial charge in [-0.1, -0.05) is 69.6 Å². The summed E-state index contributed by atoms with van der Waals surface area (Å²) in [7, 11) is 0. The number of benzene rings is 2. The Morgan fingerprint density at radius 3 is 2.10 bits per heavy atom.